The summed E-state index contributed by atoms with van der Waals surface area (Å²) in [6.45, 7) is 8.79. The quantitative estimate of drug-likeness (QED) is 0.877. The first kappa shape index (κ1) is 17.4. The van der Waals surface area contributed by atoms with Gasteiger partial charge in [0.2, 0.25) is 0 Å². The Kier molecular flexibility index (Phi) is 5.38. The summed E-state index contributed by atoms with van der Waals surface area (Å²) < 4.78 is 6.90. The van der Waals surface area contributed by atoms with Crippen LogP contribution < -0.4 is 10.6 Å². The number of nitrogens with zero attached hydrogens (tertiary/aromatic N) is 3. The van der Waals surface area contributed by atoms with E-state index in [2.05, 4.69) is 20.7 Å². The second-order valence-electron chi connectivity index (χ2n) is 6.22. The minimum Gasteiger partial charge on any atom is -0.444 e. The molecule has 0 saturated carbocycles. The molecule has 0 aromatic carbocycles. The van der Waals surface area contributed by atoms with Crippen LogP contribution in [0.5, 0.6) is 0 Å². The van der Waals surface area contributed by atoms with Crippen molar-refractivity contribution < 1.29 is 9.53 Å². The average Bonchev–Trinajstić information content (AvgIpc) is 2.97. The third kappa shape index (κ3) is 5.33. The number of aromatic nitrogens is 3. The highest BCUT2D eigenvalue weighted by molar-refractivity contribution is 7.11. The fourth-order valence-electron chi connectivity index (χ4n) is 1.98. The maximum Gasteiger partial charge on any atom is 0.413 e. The minimum atomic E-state index is -0.537. The number of nitrogens with one attached hydrogen (secondary N) is 2. The van der Waals surface area contributed by atoms with Crippen LogP contribution >= 0.6 is 11.3 Å². The van der Waals surface area contributed by atoms with E-state index in [-0.39, 0.29) is 0 Å². The highest BCUT2D eigenvalue weighted by atomic mass is 32.1. The van der Waals surface area contributed by atoms with Crippen LogP contribution in [0.2, 0.25) is 0 Å². The molecular weight excluding hydrogens is 314 g/mol. The normalized spacial score (nSPS) is 11.5. The van der Waals surface area contributed by atoms with Gasteiger partial charge in [-0.2, -0.15) is 5.10 Å². The lowest BCUT2D eigenvalue weighted by Gasteiger charge is -2.20. The predicted octanol–water partition coefficient (Wildman–Crippen LogP) is 2.82. The number of carbonyl (C=O) groups excluding carboxylic acids is 1. The molecule has 0 bridgehead atoms. The van der Waals surface area contributed by atoms with Crippen LogP contribution in [0.4, 0.5) is 10.6 Å². The van der Waals surface area contributed by atoms with Gasteiger partial charge in [0.25, 0.3) is 0 Å². The highest BCUT2D eigenvalue weighted by Crippen LogP contribution is 2.17. The van der Waals surface area contributed by atoms with Gasteiger partial charge in [-0.15, -0.1) is 11.3 Å². The molecule has 0 aliphatic heterocycles. The number of carbonyl (C=O) groups is 1. The Hall–Kier alpha value is -1.93. The summed E-state index contributed by atoms with van der Waals surface area (Å²) in [5.41, 5.74) is 0.366. The van der Waals surface area contributed by atoms with Gasteiger partial charge in [0, 0.05) is 36.8 Å². The molecule has 2 aromatic rings. The van der Waals surface area contributed by atoms with Crippen LogP contribution in [-0.2, 0) is 24.9 Å². The summed E-state index contributed by atoms with van der Waals surface area (Å²) in [6.07, 6.45) is 3.12. The lowest BCUT2D eigenvalue weighted by atomic mass is 10.2. The molecule has 126 valence electrons. The fraction of sp³-hybridized carbons (Fsp3) is 0.533. The van der Waals surface area contributed by atoms with E-state index in [0.717, 1.165) is 17.1 Å². The maximum absolute atomic E-state index is 11.9. The average molecular weight is 337 g/mol. The monoisotopic (exact) mass is 337 g/mol. The van der Waals surface area contributed by atoms with Crippen molar-refractivity contribution >= 4 is 23.2 Å². The van der Waals surface area contributed by atoms with Gasteiger partial charge in [-0.3, -0.25) is 10.00 Å². The second-order valence-corrected chi connectivity index (χ2v) is 7.54. The molecular formula is C15H23N5O2S. The summed E-state index contributed by atoms with van der Waals surface area (Å²) in [6, 6.07) is 0. The first-order valence-corrected chi connectivity index (χ1v) is 8.19. The van der Waals surface area contributed by atoms with Crippen molar-refractivity contribution in [1.29, 1.82) is 0 Å². The topological polar surface area (TPSA) is 81.1 Å². The standard InChI is InChI=1S/C15H23N5O2S/c1-10-17-9-12(23-10)8-16-6-11-7-18-20(5)13(11)19-14(21)22-15(2,3)4/h7,9,16H,6,8H2,1-5H3,(H,19,21). The van der Waals surface area contributed by atoms with Gasteiger partial charge in [0.1, 0.15) is 11.4 Å². The van der Waals surface area contributed by atoms with Crippen LogP contribution in [-0.4, -0.2) is 26.5 Å². The lowest BCUT2D eigenvalue weighted by molar-refractivity contribution is 0.0634. The Morgan fingerprint density at radius 2 is 2.09 bits per heavy atom. The molecule has 2 heterocycles. The van der Waals surface area contributed by atoms with Crippen molar-refractivity contribution in [3.8, 4) is 0 Å². The third-order valence-corrected chi connectivity index (χ3v) is 3.83. The maximum atomic E-state index is 11.9. The summed E-state index contributed by atoms with van der Waals surface area (Å²) in [4.78, 5) is 17.3. The Labute approximate surface area is 140 Å². The number of anilines is 1. The van der Waals surface area contributed by atoms with Gasteiger partial charge in [-0.1, -0.05) is 0 Å². The Bertz CT molecular complexity index is 672. The van der Waals surface area contributed by atoms with Gasteiger partial charge in [-0.25, -0.2) is 9.78 Å². The smallest absolute Gasteiger partial charge is 0.413 e. The van der Waals surface area contributed by atoms with Crippen molar-refractivity contribution in [3.05, 3.63) is 27.8 Å². The number of hydrogen-bond donors (Lipinski definition) is 2. The van der Waals surface area contributed by atoms with Gasteiger partial charge in [0.15, 0.2) is 0 Å². The molecule has 0 atom stereocenters. The summed E-state index contributed by atoms with van der Waals surface area (Å²) >= 11 is 1.67. The third-order valence-electron chi connectivity index (χ3n) is 2.92. The van der Waals surface area contributed by atoms with E-state index in [1.807, 2.05) is 33.9 Å². The van der Waals surface area contributed by atoms with Gasteiger partial charge in [-0.05, 0) is 27.7 Å². The van der Waals surface area contributed by atoms with Gasteiger partial charge in [0.05, 0.1) is 11.2 Å². The zero-order valence-electron chi connectivity index (χ0n) is 14.1. The highest BCUT2D eigenvalue weighted by Gasteiger charge is 2.19. The minimum absolute atomic E-state index is 0.486. The number of thiazole rings is 1. The van der Waals surface area contributed by atoms with E-state index in [0.29, 0.717) is 12.4 Å². The zero-order valence-corrected chi connectivity index (χ0v) is 15.0. The number of hydrogen-bond acceptors (Lipinski definition) is 6. The molecule has 0 aliphatic carbocycles. The number of aryl methyl sites for hydroxylation is 2. The van der Waals surface area contributed by atoms with E-state index in [1.165, 1.54) is 4.88 Å². The van der Waals surface area contributed by atoms with Gasteiger partial charge < -0.3 is 10.1 Å². The van der Waals surface area contributed by atoms with Crippen molar-refractivity contribution in [1.82, 2.24) is 20.1 Å². The Morgan fingerprint density at radius 3 is 2.70 bits per heavy atom. The predicted molar refractivity (Wildman–Crippen MR) is 90.5 cm³/mol. The molecule has 0 aliphatic rings. The Morgan fingerprint density at radius 1 is 1.35 bits per heavy atom. The van der Waals surface area contributed by atoms with Crippen molar-refractivity contribution in [3.63, 3.8) is 0 Å². The molecule has 0 radical (unpaired) electrons. The summed E-state index contributed by atoms with van der Waals surface area (Å²) in [5.74, 6) is 0.632. The van der Waals surface area contributed by atoms with Crippen molar-refractivity contribution in [2.45, 2.75) is 46.4 Å². The number of rotatable bonds is 5. The lowest BCUT2D eigenvalue weighted by Crippen LogP contribution is -2.28. The molecule has 8 heteroatoms. The zero-order chi connectivity index (χ0) is 17.0. The molecule has 2 aromatic heterocycles. The van der Waals surface area contributed by atoms with E-state index in [9.17, 15) is 4.79 Å². The van der Waals surface area contributed by atoms with Crippen LogP contribution in [0.1, 0.15) is 36.2 Å². The SMILES string of the molecule is Cc1ncc(CNCc2cnn(C)c2NC(=O)OC(C)(C)C)s1. The van der Waals surface area contributed by atoms with E-state index < -0.39 is 11.7 Å². The van der Waals surface area contributed by atoms with E-state index in [1.54, 1.807) is 29.3 Å². The Balaban J connectivity index is 1.94. The van der Waals surface area contributed by atoms with E-state index in [4.69, 9.17) is 4.74 Å². The van der Waals surface area contributed by atoms with Crippen molar-refractivity contribution in [2.24, 2.45) is 7.05 Å². The molecule has 0 fully saturated rings. The molecule has 0 spiro atoms. The van der Waals surface area contributed by atoms with Crippen LogP contribution in [0.3, 0.4) is 0 Å². The summed E-state index contributed by atoms with van der Waals surface area (Å²) in [7, 11) is 1.78. The molecule has 23 heavy (non-hydrogen) atoms. The first-order chi connectivity index (χ1) is 10.7. The van der Waals surface area contributed by atoms with Crippen LogP contribution in [0.25, 0.3) is 0 Å². The van der Waals surface area contributed by atoms with Crippen molar-refractivity contribution in [2.75, 3.05) is 5.32 Å². The summed E-state index contributed by atoms with van der Waals surface area (Å²) in [5, 5.41) is 11.3. The molecule has 2 rings (SSSR count). The largest absolute Gasteiger partial charge is 0.444 e. The van der Waals surface area contributed by atoms with Gasteiger partial charge >= 0.3 is 6.09 Å². The van der Waals surface area contributed by atoms with E-state index >= 15 is 0 Å². The van der Waals surface area contributed by atoms with Crippen LogP contribution in [0.15, 0.2) is 12.4 Å². The number of amides is 1. The fourth-order valence-corrected chi connectivity index (χ4v) is 2.75. The molecule has 0 unspecified atom stereocenters. The van der Waals surface area contributed by atoms with Crippen LogP contribution in [0, 0.1) is 6.92 Å². The molecule has 0 saturated heterocycles. The second kappa shape index (κ2) is 7.10. The first-order valence-electron chi connectivity index (χ1n) is 7.37. The number of ether oxygens (including phenoxy) is 1. The molecule has 2 N–H and O–H groups in total. The molecule has 1 amide bonds. The molecule has 7 nitrogen and oxygen atoms in total.